The number of amides is 3. The molecule has 4 rings (SSSR count). The first-order chi connectivity index (χ1) is 16.8. The number of nitrogens with one attached hydrogen (secondary N) is 2. The zero-order chi connectivity index (χ0) is 25.1. The number of aryl methyl sites for hydroxylation is 1. The van der Waals surface area contributed by atoms with E-state index in [2.05, 4.69) is 24.5 Å². The molecule has 2 N–H and O–H groups in total. The second kappa shape index (κ2) is 10.2. The number of halogens is 1. The fourth-order valence-corrected chi connectivity index (χ4v) is 4.06. The number of carbonyl (C=O) groups is 3. The van der Waals surface area contributed by atoms with Gasteiger partial charge in [-0.1, -0.05) is 62.7 Å². The molecule has 0 radical (unpaired) electrons. The van der Waals surface area contributed by atoms with E-state index in [9.17, 15) is 14.4 Å². The molecule has 1 aliphatic heterocycles. The molecule has 35 heavy (non-hydrogen) atoms. The van der Waals surface area contributed by atoms with Crippen molar-refractivity contribution in [3.63, 3.8) is 0 Å². The van der Waals surface area contributed by atoms with E-state index in [0.29, 0.717) is 22.9 Å². The van der Waals surface area contributed by atoms with Gasteiger partial charge in [0.15, 0.2) is 0 Å². The third-order valence-corrected chi connectivity index (χ3v) is 6.26. The Hall–Kier alpha value is -3.90. The predicted octanol–water partition coefficient (Wildman–Crippen LogP) is 6.06. The van der Waals surface area contributed by atoms with Gasteiger partial charge in [0.25, 0.3) is 17.7 Å². The summed E-state index contributed by atoms with van der Waals surface area (Å²) in [6, 6.07) is 21.5. The summed E-state index contributed by atoms with van der Waals surface area (Å²) < 4.78 is 0. The maximum atomic E-state index is 13.0. The third-order valence-electron chi connectivity index (χ3n) is 5.91. The molecule has 0 unspecified atom stereocenters. The molecule has 3 aromatic rings. The number of para-hydroxylation sites is 1. The summed E-state index contributed by atoms with van der Waals surface area (Å²) in [5, 5.41) is 5.69. The maximum Gasteiger partial charge on any atom is 0.283 e. The van der Waals surface area contributed by atoms with Gasteiger partial charge in [-0.05, 0) is 65.9 Å². The summed E-state index contributed by atoms with van der Waals surface area (Å²) in [5.41, 5.74) is 4.37. The van der Waals surface area contributed by atoms with Gasteiger partial charge in [0.2, 0.25) is 0 Å². The normalized spacial score (nSPS) is 13.6. The number of hydrogen-bond donors (Lipinski definition) is 2. The molecule has 178 valence electrons. The smallest absolute Gasteiger partial charge is 0.283 e. The predicted molar refractivity (Wildman–Crippen MR) is 140 cm³/mol. The molecular formula is C28H26ClN3O3. The number of anilines is 3. The van der Waals surface area contributed by atoms with Crippen LogP contribution < -0.4 is 15.5 Å². The average Bonchev–Trinajstić information content (AvgIpc) is 3.07. The van der Waals surface area contributed by atoms with E-state index < -0.39 is 11.8 Å². The lowest BCUT2D eigenvalue weighted by Crippen LogP contribution is -2.32. The topological polar surface area (TPSA) is 78.5 Å². The van der Waals surface area contributed by atoms with Crippen molar-refractivity contribution >= 4 is 46.4 Å². The van der Waals surface area contributed by atoms with Crippen LogP contribution in [0.25, 0.3) is 0 Å². The second-order valence-electron chi connectivity index (χ2n) is 8.55. The zero-order valence-corrected chi connectivity index (χ0v) is 20.5. The lowest BCUT2D eigenvalue weighted by molar-refractivity contribution is -0.120. The fourth-order valence-electron chi connectivity index (χ4n) is 3.85. The number of imide groups is 1. The quantitative estimate of drug-likeness (QED) is 0.397. The molecule has 0 spiro atoms. The molecule has 0 saturated heterocycles. The van der Waals surface area contributed by atoms with Crippen LogP contribution >= 0.6 is 11.6 Å². The molecule has 1 heterocycles. The minimum Gasteiger partial charge on any atom is -0.350 e. The Morgan fingerprint density at radius 3 is 2.20 bits per heavy atom. The van der Waals surface area contributed by atoms with Crippen LogP contribution in [0.2, 0.25) is 0 Å². The van der Waals surface area contributed by atoms with E-state index >= 15 is 0 Å². The van der Waals surface area contributed by atoms with Crippen molar-refractivity contribution in [2.45, 2.75) is 33.1 Å². The minimum absolute atomic E-state index is 0.00122. The number of benzene rings is 3. The highest BCUT2D eigenvalue weighted by Gasteiger charge is 2.39. The fraction of sp³-hybridized carbons (Fsp3) is 0.179. The van der Waals surface area contributed by atoms with Crippen molar-refractivity contribution < 1.29 is 14.4 Å². The first-order valence-electron chi connectivity index (χ1n) is 11.4. The van der Waals surface area contributed by atoms with Crippen LogP contribution in [0.4, 0.5) is 17.1 Å². The standard InChI is InChI=1S/C28H26ClN3O3/c1-4-18-7-5-6-8-23(18)31-26(33)20-9-13-21(14-10-20)30-25-24(29)27(34)32(28(25)35)22-15-11-19(12-16-22)17(2)3/h5-17,30H,4H2,1-3H3,(H,31,33). The van der Waals surface area contributed by atoms with Crippen molar-refractivity contribution in [1.29, 1.82) is 0 Å². The highest BCUT2D eigenvalue weighted by molar-refractivity contribution is 6.53. The van der Waals surface area contributed by atoms with E-state index in [1.54, 1.807) is 36.4 Å². The molecule has 3 aromatic carbocycles. The molecule has 1 aliphatic rings. The summed E-state index contributed by atoms with van der Waals surface area (Å²) in [4.78, 5) is 39.5. The summed E-state index contributed by atoms with van der Waals surface area (Å²) in [6.07, 6.45) is 0.806. The molecular weight excluding hydrogens is 462 g/mol. The molecule has 0 aliphatic carbocycles. The Kier molecular flexibility index (Phi) is 7.03. The van der Waals surface area contributed by atoms with Crippen molar-refractivity contribution in [2.24, 2.45) is 0 Å². The Morgan fingerprint density at radius 2 is 1.57 bits per heavy atom. The Bertz CT molecular complexity index is 1310. The van der Waals surface area contributed by atoms with Gasteiger partial charge >= 0.3 is 0 Å². The Morgan fingerprint density at radius 1 is 0.914 bits per heavy atom. The number of nitrogens with zero attached hydrogens (tertiary/aromatic N) is 1. The molecule has 0 saturated carbocycles. The van der Waals surface area contributed by atoms with Gasteiger partial charge in [0, 0.05) is 16.9 Å². The van der Waals surface area contributed by atoms with Crippen molar-refractivity contribution in [1.82, 2.24) is 0 Å². The SMILES string of the molecule is CCc1ccccc1NC(=O)c1ccc(NC2=C(Cl)C(=O)N(c3ccc(C(C)C)cc3)C2=O)cc1. The van der Waals surface area contributed by atoms with Crippen LogP contribution in [-0.4, -0.2) is 17.7 Å². The molecule has 0 aromatic heterocycles. The van der Waals surface area contributed by atoms with E-state index in [4.69, 9.17) is 11.6 Å². The Labute approximate surface area is 209 Å². The summed E-state index contributed by atoms with van der Waals surface area (Å²) >= 11 is 6.24. The van der Waals surface area contributed by atoms with Gasteiger partial charge in [-0.15, -0.1) is 0 Å². The molecule has 0 atom stereocenters. The van der Waals surface area contributed by atoms with Gasteiger partial charge in [0.1, 0.15) is 10.7 Å². The van der Waals surface area contributed by atoms with Gasteiger partial charge in [0.05, 0.1) is 5.69 Å². The first kappa shape index (κ1) is 24.2. The number of carbonyl (C=O) groups excluding carboxylic acids is 3. The van der Waals surface area contributed by atoms with Gasteiger partial charge < -0.3 is 10.6 Å². The van der Waals surface area contributed by atoms with Crippen LogP contribution in [0.5, 0.6) is 0 Å². The lowest BCUT2D eigenvalue weighted by atomic mass is 10.0. The second-order valence-corrected chi connectivity index (χ2v) is 8.93. The summed E-state index contributed by atoms with van der Waals surface area (Å²) in [6.45, 7) is 6.17. The average molecular weight is 488 g/mol. The van der Waals surface area contributed by atoms with Gasteiger partial charge in [-0.2, -0.15) is 0 Å². The van der Waals surface area contributed by atoms with Crippen LogP contribution in [0, 0.1) is 0 Å². The number of hydrogen-bond acceptors (Lipinski definition) is 4. The molecule has 7 heteroatoms. The van der Waals surface area contributed by atoms with Crippen LogP contribution in [0.3, 0.4) is 0 Å². The highest BCUT2D eigenvalue weighted by Crippen LogP contribution is 2.31. The third kappa shape index (κ3) is 4.98. The molecule has 0 bridgehead atoms. The first-order valence-corrected chi connectivity index (χ1v) is 11.8. The van der Waals surface area contributed by atoms with Gasteiger partial charge in [-0.3, -0.25) is 14.4 Å². The van der Waals surface area contributed by atoms with E-state index in [1.165, 1.54) is 0 Å². The molecule has 6 nitrogen and oxygen atoms in total. The minimum atomic E-state index is -0.581. The van der Waals surface area contributed by atoms with E-state index in [-0.39, 0.29) is 16.6 Å². The molecule has 3 amide bonds. The van der Waals surface area contributed by atoms with Crippen LogP contribution in [0.15, 0.2) is 83.5 Å². The zero-order valence-electron chi connectivity index (χ0n) is 19.8. The molecule has 0 fully saturated rings. The van der Waals surface area contributed by atoms with E-state index in [1.807, 2.05) is 43.3 Å². The van der Waals surface area contributed by atoms with Crippen LogP contribution in [0.1, 0.15) is 48.2 Å². The highest BCUT2D eigenvalue weighted by atomic mass is 35.5. The summed E-state index contributed by atoms with van der Waals surface area (Å²) in [7, 11) is 0. The van der Waals surface area contributed by atoms with Crippen molar-refractivity contribution in [3.8, 4) is 0 Å². The van der Waals surface area contributed by atoms with Crippen LogP contribution in [-0.2, 0) is 16.0 Å². The Balaban J connectivity index is 1.47. The number of rotatable bonds is 7. The van der Waals surface area contributed by atoms with E-state index in [0.717, 1.165) is 28.1 Å². The van der Waals surface area contributed by atoms with Gasteiger partial charge in [-0.25, -0.2) is 4.90 Å². The largest absolute Gasteiger partial charge is 0.350 e. The monoisotopic (exact) mass is 487 g/mol. The van der Waals surface area contributed by atoms with Crippen molar-refractivity contribution in [2.75, 3.05) is 15.5 Å². The lowest BCUT2D eigenvalue weighted by Gasteiger charge is -2.16. The maximum absolute atomic E-state index is 13.0. The summed E-state index contributed by atoms with van der Waals surface area (Å²) in [5.74, 6) is -1.02. The van der Waals surface area contributed by atoms with Crippen molar-refractivity contribution in [3.05, 3.63) is 100 Å².